The first kappa shape index (κ1) is 24.7. The van der Waals surface area contributed by atoms with E-state index in [0.29, 0.717) is 24.9 Å². The molecular weight excluding hydrogens is 416 g/mol. The van der Waals surface area contributed by atoms with E-state index in [1.165, 1.54) is 19.3 Å². The van der Waals surface area contributed by atoms with E-state index in [-0.39, 0.29) is 0 Å². The van der Waals surface area contributed by atoms with Crippen LogP contribution in [0.3, 0.4) is 0 Å². The predicted molar refractivity (Wildman–Crippen MR) is 133 cm³/mol. The predicted octanol–water partition coefficient (Wildman–Crippen LogP) is 3.98. The second-order valence-corrected chi connectivity index (χ2v) is 8.72. The molecule has 0 amide bonds. The van der Waals surface area contributed by atoms with E-state index in [4.69, 9.17) is 25.8 Å². The minimum Gasteiger partial charge on any atom is -0.497 e. The normalized spacial score (nSPS) is 15.2. The Morgan fingerprint density at radius 3 is 2.21 bits per heavy atom. The molecule has 0 radical (unpaired) electrons. The Balaban J connectivity index is 1.70. The molecule has 0 bridgehead atoms. The van der Waals surface area contributed by atoms with Crippen LogP contribution in [0.4, 0.5) is 0 Å². The zero-order valence-electron chi connectivity index (χ0n) is 20.3. The minimum absolute atomic E-state index is 0.326. The third-order valence-corrected chi connectivity index (χ3v) is 6.11. The fourth-order valence-corrected chi connectivity index (χ4v) is 4.23. The number of ether oxygens (including phenoxy) is 3. The van der Waals surface area contributed by atoms with Crippen molar-refractivity contribution in [1.82, 2.24) is 9.91 Å². The van der Waals surface area contributed by atoms with E-state index < -0.39 is 0 Å². The van der Waals surface area contributed by atoms with Crippen LogP contribution < -0.4 is 25.8 Å². The Bertz CT molecular complexity index is 922. The molecule has 7 heteroatoms. The summed E-state index contributed by atoms with van der Waals surface area (Å²) >= 11 is 0. The molecule has 7 nitrogen and oxygen atoms in total. The van der Waals surface area contributed by atoms with E-state index >= 15 is 0 Å². The fraction of sp³-hybridized carbons (Fsp3) is 0.462. The molecule has 1 aliphatic rings. The van der Waals surface area contributed by atoms with Gasteiger partial charge in [-0.2, -0.15) is 0 Å². The summed E-state index contributed by atoms with van der Waals surface area (Å²) in [6.45, 7) is 1.25. The number of methoxy groups -OCH3 is 2. The summed E-state index contributed by atoms with van der Waals surface area (Å²) in [5.41, 5.74) is 10.0. The van der Waals surface area contributed by atoms with E-state index in [1.54, 1.807) is 19.2 Å². The molecule has 0 atom stereocenters. The van der Waals surface area contributed by atoms with Crippen molar-refractivity contribution in [2.75, 3.05) is 34.9 Å². The highest BCUT2D eigenvalue weighted by Gasteiger charge is 2.16. The molecule has 2 aromatic rings. The van der Waals surface area contributed by atoms with Crippen molar-refractivity contribution in [2.45, 2.75) is 44.8 Å². The Kier molecular flexibility index (Phi) is 8.86. The largest absolute Gasteiger partial charge is 0.497 e. The van der Waals surface area contributed by atoms with E-state index in [0.717, 1.165) is 46.9 Å². The molecule has 1 aliphatic carbocycles. The minimum atomic E-state index is 0.326. The van der Waals surface area contributed by atoms with Gasteiger partial charge >= 0.3 is 0 Å². The lowest BCUT2D eigenvalue weighted by Crippen LogP contribution is -2.35. The van der Waals surface area contributed by atoms with Crippen molar-refractivity contribution >= 4 is 5.70 Å². The van der Waals surface area contributed by atoms with Gasteiger partial charge in [-0.3, -0.25) is 4.90 Å². The van der Waals surface area contributed by atoms with E-state index in [1.807, 2.05) is 56.6 Å². The smallest absolute Gasteiger partial charge is 0.127 e. The Labute approximate surface area is 197 Å². The number of likely N-dealkylation sites (N-methyl/N-ethyl adjacent to an activating group) is 2. The van der Waals surface area contributed by atoms with Crippen molar-refractivity contribution in [2.24, 2.45) is 11.6 Å². The molecule has 4 N–H and O–H groups in total. The van der Waals surface area contributed by atoms with Crippen molar-refractivity contribution in [1.29, 1.82) is 0 Å². The molecule has 33 heavy (non-hydrogen) atoms. The first-order valence-corrected chi connectivity index (χ1v) is 11.5. The summed E-state index contributed by atoms with van der Waals surface area (Å²) in [5, 5.41) is 1.59. The van der Waals surface area contributed by atoms with Gasteiger partial charge in [-0.25, -0.2) is 5.84 Å². The van der Waals surface area contributed by atoms with Crippen molar-refractivity contribution in [3.8, 4) is 17.2 Å². The standard InChI is InChI=1S/C26H38N4O3/c1-29(17-20-12-15-23(31-3)16-25(20)32-4)18-24(30(2)28)26(27)19-10-13-22(14-11-19)33-21-8-6-5-7-9-21/h10-16,21H,5-9,17-18,27-28H2,1-4H3/b26-24-. The van der Waals surface area contributed by atoms with Crippen molar-refractivity contribution in [3.63, 3.8) is 0 Å². The Hall–Kier alpha value is -2.90. The first-order valence-electron chi connectivity index (χ1n) is 11.5. The Morgan fingerprint density at radius 2 is 1.61 bits per heavy atom. The van der Waals surface area contributed by atoms with Crippen molar-refractivity contribution in [3.05, 3.63) is 59.3 Å². The zero-order valence-corrected chi connectivity index (χ0v) is 20.3. The molecule has 0 saturated heterocycles. The maximum absolute atomic E-state index is 6.56. The van der Waals surface area contributed by atoms with Gasteiger partial charge in [0.25, 0.3) is 0 Å². The molecule has 0 heterocycles. The summed E-state index contributed by atoms with van der Waals surface area (Å²) in [7, 11) is 7.15. The second kappa shape index (κ2) is 11.8. The number of hydrazine groups is 1. The van der Waals surface area contributed by atoms with Gasteiger partial charge in [0.05, 0.1) is 31.7 Å². The molecule has 0 unspecified atom stereocenters. The van der Waals surface area contributed by atoms with Crippen LogP contribution in [-0.2, 0) is 6.54 Å². The molecular formula is C26H38N4O3. The molecule has 180 valence electrons. The summed E-state index contributed by atoms with van der Waals surface area (Å²) in [6, 6.07) is 13.8. The van der Waals surface area contributed by atoms with Gasteiger partial charge in [0.2, 0.25) is 0 Å². The lowest BCUT2D eigenvalue weighted by Gasteiger charge is -2.26. The van der Waals surface area contributed by atoms with Crippen LogP contribution in [0.5, 0.6) is 17.2 Å². The molecule has 3 rings (SSSR count). The summed E-state index contributed by atoms with van der Waals surface area (Å²) in [6.07, 6.45) is 6.41. The average molecular weight is 455 g/mol. The van der Waals surface area contributed by atoms with Gasteiger partial charge in [-0.05, 0) is 68.6 Å². The summed E-state index contributed by atoms with van der Waals surface area (Å²) < 4.78 is 17.0. The number of benzene rings is 2. The van der Waals surface area contributed by atoms with Crippen LogP contribution >= 0.6 is 0 Å². The van der Waals surface area contributed by atoms with Crippen LogP contribution in [0.15, 0.2) is 48.2 Å². The lowest BCUT2D eigenvalue weighted by molar-refractivity contribution is 0.155. The van der Waals surface area contributed by atoms with E-state index in [9.17, 15) is 0 Å². The maximum Gasteiger partial charge on any atom is 0.127 e. The molecule has 0 spiro atoms. The van der Waals surface area contributed by atoms with Crippen LogP contribution in [-0.4, -0.2) is 50.9 Å². The van der Waals surface area contributed by atoms with Crippen LogP contribution in [0.2, 0.25) is 0 Å². The number of nitrogens with two attached hydrogens (primary N) is 2. The molecule has 2 aromatic carbocycles. The lowest BCUT2D eigenvalue weighted by atomic mass is 9.98. The molecule has 1 saturated carbocycles. The fourth-order valence-electron chi connectivity index (χ4n) is 4.23. The van der Waals surface area contributed by atoms with Gasteiger partial charge in [-0.1, -0.05) is 12.5 Å². The van der Waals surface area contributed by atoms with Crippen molar-refractivity contribution < 1.29 is 14.2 Å². The van der Waals surface area contributed by atoms with Gasteiger partial charge < -0.3 is 25.0 Å². The van der Waals surface area contributed by atoms with Crippen LogP contribution in [0, 0.1) is 0 Å². The molecule has 0 aromatic heterocycles. The highest BCUT2D eigenvalue weighted by Crippen LogP contribution is 2.27. The first-order chi connectivity index (χ1) is 15.9. The van der Waals surface area contributed by atoms with E-state index in [2.05, 4.69) is 4.90 Å². The average Bonchev–Trinajstić information content (AvgIpc) is 2.83. The third-order valence-electron chi connectivity index (χ3n) is 6.11. The molecule has 0 aliphatic heterocycles. The van der Waals surface area contributed by atoms with Crippen LogP contribution in [0.25, 0.3) is 5.70 Å². The highest BCUT2D eigenvalue weighted by atomic mass is 16.5. The summed E-state index contributed by atoms with van der Waals surface area (Å²) in [4.78, 5) is 2.15. The summed E-state index contributed by atoms with van der Waals surface area (Å²) in [5.74, 6) is 8.61. The van der Waals surface area contributed by atoms with Gasteiger partial charge in [0, 0.05) is 31.8 Å². The van der Waals surface area contributed by atoms with Gasteiger partial charge in [0.15, 0.2) is 0 Å². The quantitative estimate of drug-likeness (QED) is 0.415. The maximum atomic E-state index is 6.56. The second-order valence-electron chi connectivity index (χ2n) is 8.72. The number of hydrogen-bond acceptors (Lipinski definition) is 7. The zero-order chi connectivity index (χ0) is 23.8. The monoisotopic (exact) mass is 454 g/mol. The Morgan fingerprint density at radius 1 is 0.939 bits per heavy atom. The number of nitrogens with zero attached hydrogens (tertiary/aromatic N) is 2. The molecule has 1 fully saturated rings. The van der Waals surface area contributed by atoms with Crippen LogP contribution in [0.1, 0.15) is 43.2 Å². The topological polar surface area (TPSA) is 86.2 Å². The van der Waals surface area contributed by atoms with Gasteiger partial charge in [0.1, 0.15) is 17.2 Å². The van der Waals surface area contributed by atoms with Gasteiger partial charge in [-0.15, -0.1) is 0 Å². The SMILES string of the molecule is COc1ccc(CN(C)C/C(=C(/N)c2ccc(OC3CCCCC3)cc2)N(C)N)c(OC)c1. The number of hydrogen-bond donors (Lipinski definition) is 2. The number of rotatable bonds is 10. The third kappa shape index (κ3) is 6.79. The highest BCUT2D eigenvalue weighted by molar-refractivity contribution is 5.66.